The number of carbonyl (C=O) groups is 1. The van der Waals surface area contributed by atoms with Crippen LogP contribution in [0.1, 0.15) is 31.3 Å². The van der Waals surface area contributed by atoms with Crippen molar-refractivity contribution in [2.24, 2.45) is 0 Å². The van der Waals surface area contributed by atoms with Crippen LogP contribution in [-0.4, -0.2) is 47.7 Å². The van der Waals surface area contributed by atoms with Gasteiger partial charge in [-0.25, -0.2) is 4.98 Å². The molecule has 0 N–H and O–H groups in total. The number of morpholine rings is 1. The lowest BCUT2D eigenvalue weighted by molar-refractivity contribution is -0.0587. The largest absolute Gasteiger partial charge is 0.494 e. The number of nitrogens with zero attached hydrogens (tertiary/aromatic N) is 2. The quantitative estimate of drug-likeness (QED) is 0.851. The summed E-state index contributed by atoms with van der Waals surface area (Å²) in [6.07, 6.45) is 0.115. The van der Waals surface area contributed by atoms with E-state index in [0.29, 0.717) is 25.4 Å². The Bertz CT molecular complexity index is 689. The van der Waals surface area contributed by atoms with E-state index in [0.717, 1.165) is 16.3 Å². The van der Waals surface area contributed by atoms with Gasteiger partial charge in [-0.3, -0.25) is 4.79 Å². The van der Waals surface area contributed by atoms with Crippen LogP contribution in [0.3, 0.4) is 0 Å². The first-order chi connectivity index (χ1) is 11.6. The second-order valence-corrected chi connectivity index (χ2v) is 6.82. The Morgan fingerprint density at radius 2 is 1.96 bits per heavy atom. The van der Waals surface area contributed by atoms with Crippen molar-refractivity contribution < 1.29 is 14.3 Å². The topological polar surface area (TPSA) is 51.7 Å². The van der Waals surface area contributed by atoms with E-state index in [-0.39, 0.29) is 18.1 Å². The van der Waals surface area contributed by atoms with Crippen LogP contribution < -0.4 is 4.74 Å². The second-order valence-electron chi connectivity index (χ2n) is 5.96. The maximum Gasteiger partial charge on any atom is 0.273 e. The molecule has 1 saturated heterocycles. The van der Waals surface area contributed by atoms with Crippen molar-refractivity contribution in [1.29, 1.82) is 0 Å². The zero-order valence-electron chi connectivity index (χ0n) is 14.2. The molecule has 1 aliphatic rings. The predicted octanol–water partition coefficient (Wildman–Crippen LogP) is 3.46. The van der Waals surface area contributed by atoms with E-state index in [4.69, 9.17) is 9.47 Å². The van der Waals surface area contributed by atoms with Crippen molar-refractivity contribution >= 4 is 17.2 Å². The molecule has 2 unspecified atom stereocenters. The SMILES string of the molecule is CCOc1ccc(-c2nc(C(=O)N3CC(C)OC(C)C3)cs2)cc1. The molecule has 24 heavy (non-hydrogen) atoms. The summed E-state index contributed by atoms with van der Waals surface area (Å²) in [5.41, 5.74) is 1.50. The fourth-order valence-electron chi connectivity index (χ4n) is 2.87. The van der Waals surface area contributed by atoms with E-state index in [9.17, 15) is 4.79 Å². The Kier molecular flexibility index (Phi) is 5.16. The first kappa shape index (κ1) is 16.9. The van der Waals surface area contributed by atoms with Gasteiger partial charge in [-0.15, -0.1) is 11.3 Å². The molecule has 0 spiro atoms. The van der Waals surface area contributed by atoms with Gasteiger partial charge in [0.2, 0.25) is 0 Å². The minimum Gasteiger partial charge on any atom is -0.494 e. The van der Waals surface area contributed by atoms with Crippen molar-refractivity contribution in [2.75, 3.05) is 19.7 Å². The third-order valence-corrected chi connectivity index (χ3v) is 4.73. The molecule has 2 aromatic rings. The zero-order valence-corrected chi connectivity index (χ0v) is 15.0. The summed E-state index contributed by atoms with van der Waals surface area (Å²) < 4.78 is 11.1. The number of ether oxygens (including phenoxy) is 2. The number of aromatic nitrogens is 1. The molecule has 0 bridgehead atoms. The van der Waals surface area contributed by atoms with Crippen LogP contribution in [0.4, 0.5) is 0 Å². The van der Waals surface area contributed by atoms with Crippen molar-refractivity contribution in [3.63, 3.8) is 0 Å². The van der Waals surface area contributed by atoms with Gasteiger partial charge in [0.15, 0.2) is 0 Å². The van der Waals surface area contributed by atoms with Crippen LogP contribution in [0.25, 0.3) is 10.6 Å². The average Bonchev–Trinajstić information content (AvgIpc) is 3.04. The number of rotatable bonds is 4. The highest BCUT2D eigenvalue weighted by Gasteiger charge is 2.27. The number of hydrogen-bond donors (Lipinski definition) is 0. The highest BCUT2D eigenvalue weighted by atomic mass is 32.1. The van der Waals surface area contributed by atoms with Gasteiger partial charge in [0.1, 0.15) is 16.5 Å². The summed E-state index contributed by atoms with van der Waals surface area (Å²) >= 11 is 1.49. The fraction of sp³-hybridized carbons (Fsp3) is 0.444. The second kappa shape index (κ2) is 7.32. The van der Waals surface area contributed by atoms with Gasteiger partial charge in [-0.2, -0.15) is 0 Å². The predicted molar refractivity (Wildman–Crippen MR) is 94.6 cm³/mol. The molecule has 3 rings (SSSR count). The van der Waals surface area contributed by atoms with E-state index in [2.05, 4.69) is 4.98 Å². The average molecular weight is 346 g/mol. The summed E-state index contributed by atoms with van der Waals surface area (Å²) in [6.45, 7) is 7.80. The van der Waals surface area contributed by atoms with Crippen LogP contribution in [0, 0.1) is 0 Å². The maximum absolute atomic E-state index is 12.7. The highest BCUT2D eigenvalue weighted by Crippen LogP contribution is 2.26. The summed E-state index contributed by atoms with van der Waals surface area (Å²) in [6, 6.07) is 7.79. The van der Waals surface area contributed by atoms with Gasteiger partial charge in [0.05, 0.1) is 18.8 Å². The molecule has 2 atom stereocenters. The van der Waals surface area contributed by atoms with Gasteiger partial charge >= 0.3 is 0 Å². The molecule has 1 fully saturated rings. The van der Waals surface area contributed by atoms with Gasteiger partial charge in [-0.05, 0) is 45.0 Å². The Balaban J connectivity index is 1.73. The van der Waals surface area contributed by atoms with Gasteiger partial charge < -0.3 is 14.4 Å². The zero-order chi connectivity index (χ0) is 17.1. The number of amides is 1. The molecule has 1 amide bonds. The van der Waals surface area contributed by atoms with Crippen LogP contribution in [-0.2, 0) is 4.74 Å². The standard InChI is InChI=1S/C18H22N2O3S/c1-4-22-15-7-5-14(6-8-15)17-19-16(11-24-17)18(21)20-9-12(2)23-13(3)10-20/h5-8,11-13H,4,9-10H2,1-3H3. The van der Waals surface area contributed by atoms with Crippen LogP contribution in [0.2, 0.25) is 0 Å². The summed E-state index contributed by atoms with van der Waals surface area (Å²) in [5.74, 6) is 0.816. The normalized spacial score (nSPS) is 20.9. The lowest BCUT2D eigenvalue weighted by Crippen LogP contribution is -2.48. The molecule has 0 aliphatic carbocycles. The first-order valence-electron chi connectivity index (χ1n) is 8.20. The van der Waals surface area contributed by atoms with Crippen LogP contribution in [0.5, 0.6) is 5.75 Å². The summed E-state index contributed by atoms with van der Waals surface area (Å²) in [5, 5.41) is 2.68. The lowest BCUT2D eigenvalue weighted by Gasteiger charge is -2.34. The summed E-state index contributed by atoms with van der Waals surface area (Å²) in [7, 11) is 0. The number of benzene rings is 1. The smallest absolute Gasteiger partial charge is 0.273 e. The molecule has 6 heteroatoms. The van der Waals surface area contributed by atoms with Crippen molar-refractivity contribution in [3.05, 3.63) is 35.3 Å². The van der Waals surface area contributed by atoms with E-state index >= 15 is 0 Å². The fourth-order valence-corrected chi connectivity index (χ4v) is 3.67. The highest BCUT2D eigenvalue weighted by molar-refractivity contribution is 7.13. The third-order valence-electron chi connectivity index (χ3n) is 3.84. The monoisotopic (exact) mass is 346 g/mol. The molecular formula is C18H22N2O3S. The molecule has 1 aliphatic heterocycles. The van der Waals surface area contributed by atoms with Crippen LogP contribution >= 0.6 is 11.3 Å². The van der Waals surface area contributed by atoms with E-state index < -0.39 is 0 Å². The molecule has 1 aromatic heterocycles. The Hall–Kier alpha value is -1.92. The van der Waals surface area contributed by atoms with E-state index in [1.165, 1.54) is 11.3 Å². The molecular weight excluding hydrogens is 324 g/mol. The van der Waals surface area contributed by atoms with Crippen molar-refractivity contribution in [2.45, 2.75) is 33.0 Å². The lowest BCUT2D eigenvalue weighted by atomic mass is 10.2. The van der Waals surface area contributed by atoms with Crippen molar-refractivity contribution in [3.8, 4) is 16.3 Å². The molecule has 128 valence electrons. The number of hydrogen-bond acceptors (Lipinski definition) is 5. The van der Waals surface area contributed by atoms with E-state index in [1.807, 2.05) is 55.3 Å². The van der Waals surface area contributed by atoms with Gasteiger partial charge in [0.25, 0.3) is 5.91 Å². The Labute approximate surface area is 146 Å². The first-order valence-corrected chi connectivity index (χ1v) is 9.08. The molecule has 1 aromatic carbocycles. The molecule has 0 radical (unpaired) electrons. The minimum absolute atomic E-state index is 0.0227. The van der Waals surface area contributed by atoms with Crippen molar-refractivity contribution in [1.82, 2.24) is 9.88 Å². The van der Waals surface area contributed by atoms with E-state index in [1.54, 1.807) is 0 Å². The molecule has 5 nitrogen and oxygen atoms in total. The summed E-state index contributed by atoms with van der Waals surface area (Å²) in [4.78, 5) is 19.0. The molecule has 0 saturated carbocycles. The Morgan fingerprint density at radius 3 is 2.58 bits per heavy atom. The molecule has 2 heterocycles. The number of thiazole rings is 1. The maximum atomic E-state index is 12.7. The third kappa shape index (κ3) is 3.76. The van der Waals surface area contributed by atoms with Crippen LogP contribution in [0.15, 0.2) is 29.6 Å². The van der Waals surface area contributed by atoms with Gasteiger partial charge in [-0.1, -0.05) is 0 Å². The van der Waals surface area contributed by atoms with Gasteiger partial charge in [0, 0.05) is 24.0 Å². The minimum atomic E-state index is -0.0227. The Morgan fingerprint density at radius 1 is 1.29 bits per heavy atom. The number of carbonyl (C=O) groups excluding carboxylic acids is 1.